The molecule has 2 N–H and O–H groups in total. The lowest BCUT2D eigenvalue weighted by Crippen LogP contribution is -2.43. The molecule has 0 spiro atoms. The second-order valence-corrected chi connectivity index (χ2v) is 6.73. The molecule has 1 aliphatic carbocycles. The minimum absolute atomic E-state index is 0.00569. The van der Waals surface area contributed by atoms with Gasteiger partial charge >= 0.3 is 0 Å². The van der Waals surface area contributed by atoms with Gasteiger partial charge in [0.05, 0.1) is 6.61 Å². The van der Waals surface area contributed by atoms with E-state index in [-0.39, 0.29) is 17.5 Å². The van der Waals surface area contributed by atoms with Crippen LogP contribution < -0.4 is 4.72 Å². The summed E-state index contributed by atoms with van der Waals surface area (Å²) in [6, 6.07) is 0.00569. The van der Waals surface area contributed by atoms with E-state index in [0.717, 1.165) is 12.8 Å². The largest absolute Gasteiger partial charge is 0.465 e. The molecule has 2 rings (SSSR count). The van der Waals surface area contributed by atoms with Gasteiger partial charge in [0.1, 0.15) is 16.4 Å². The maximum Gasteiger partial charge on any atom is 0.244 e. The Morgan fingerprint density at radius 2 is 1.94 bits per heavy atom. The van der Waals surface area contributed by atoms with Crippen LogP contribution in [0.3, 0.4) is 0 Å². The van der Waals surface area contributed by atoms with E-state index in [4.69, 9.17) is 4.42 Å². The summed E-state index contributed by atoms with van der Waals surface area (Å²) in [6.45, 7) is 5.02. The Hall–Kier alpha value is -0.850. The van der Waals surface area contributed by atoms with Crippen molar-refractivity contribution >= 4 is 10.0 Å². The highest BCUT2D eigenvalue weighted by Crippen LogP contribution is 2.31. The SMILES string of the molecule is Cc1oc(C)c(S(=O)(=O)NC2CC(C)C2)c1CO. The van der Waals surface area contributed by atoms with Crippen LogP contribution >= 0.6 is 0 Å². The zero-order valence-corrected chi connectivity index (χ0v) is 11.7. The summed E-state index contributed by atoms with van der Waals surface area (Å²) in [5.74, 6) is 1.36. The zero-order valence-electron chi connectivity index (χ0n) is 10.9. The summed E-state index contributed by atoms with van der Waals surface area (Å²) in [7, 11) is -3.60. The van der Waals surface area contributed by atoms with Crippen LogP contribution in [0.1, 0.15) is 36.8 Å². The Kier molecular flexibility index (Phi) is 3.53. The average molecular weight is 273 g/mol. The molecule has 0 bridgehead atoms. The summed E-state index contributed by atoms with van der Waals surface area (Å²) >= 11 is 0. The summed E-state index contributed by atoms with van der Waals surface area (Å²) in [4.78, 5) is 0.0991. The highest BCUT2D eigenvalue weighted by Gasteiger charge is 2.33. The van der Waals surface area contributed by atoms with Crippen LogP contribution in [0.4, 0.5) is 0 Å². The van der Waals surface area contributed by atoms with Crippen molar-refractivity contribution in [1.29, 1.82) is 0 Å². The van der Waals surface area contributed by atoms with Crippen molar-refractivity contribution in [3.63, 3.8) is 0 Å². The molecular weight excluding hydrogens is 254 g/mol. The lowest BCUT2D eigenvalue weighted by molar-refractivity contribution is 0.268. The molecule has 0 saturated heterocycles. The number of rotatable bonds is 4. The first-order valence-corrected chi connectivity index (χ1v) is 7.55. The average Bonchev–Trinajstić information content (AvgIpc) is 2.50. The van der Waals surface area contributed by atoms with Crippen molar-refractivity contribution < 1.29 is 17.9 Å². The third kappa shape index (κ3) is 2.32. The van der Waals surface area contributed by atoms with E-state index in [1.807, 2.05) is 0 Å². The molecule has 18 heavy (non-hydrogen) atoms. The fourth-order valence-electron chi connectivity index (χ4n) is 2.52. The molecule has 1 saturated carbocycles. The number of hydrogen-bond acceptors (Lipinski definition) is 4. The van der Waals surface area contributed by atoms with Gasteiger partial charge in [0.25, 0.3) is 0 Å². The van der Waals surface area contributed by atoms with Gasteiger partial charge in [-0.3, -0.25) is 0 Å². The van der Waals surface area contributed by atoms with Crippen LogP contribution in [-0.4, -0.2) is 19.6 Å². The number of furan rings is 1. The first-order chi connectivity index (χ1) is 8.35. The van der Waals surface area contributed by atoms with Gasteiger partial charge in [0.2, 0.25) is 10.0 Å². The Morgan fingerprint density at radius 3 is 2.44 bits per heavy atom. The van der Waals surface area contributed by atoms with Crippen LogP contribution in [-0.2, 0) is 16.6 Å². The standard InChI is InChI=1S/C12H19NO4S/c1-7-4-10(5-7)13-18(15,16)12-9(3)17-8(2)11(12)6-14/h7,10,13-14H,4-6H2,1-3H3. The molecule has 0 aliphatic heterocycles. The Balaban J connectivity index is 2.29. The lowest BCUT2D eigenvalue weighted by atomic mass is 9.83. The normalized spacial score (nSPS) is 24.0. The monoisotopic (exact) mass is 273 g/mol. The minimum atomic E-state index is -3.60. The van der Waals surface area contributed by atoms with Gasteiger partial charge in [-0.25, -0.2) is 13.1 Å². The predicted octanol–water partition coefficient (Wildman–Crippen LogP) is 1.47. The summed E-state index contributed by atoms with van der Waals surface area (Å²) in [6.07, 6.45) is 1.73. The number of aryl methyl sites for hydroxylation is 2. The molecule has 1 fully saturated rings. The van der Waals surface area contributed by atoms with E-state index in [1.165, 1.54) is 0 Å². The molecule has 0 radical (unpaired) electrons. The van der Waals surface area contributed by atoms with Crippen molar-refractivity contribution in [2.24, 2.45) is 5.92 Å². The molecule has 1 heterocycles. The number of hydrogen-bond donors (Lipinski definition) is 2. The Labute approximate surface area is 107 Å². The quantitative estimate of drug-likeness (QED) is 0.870. The summed E-state index contributed by atoms with van der Waals surface area (Å²) in [5.41, 5.74) is 0.354. The molecular formula is C12H19NO4S. The van der Waals surface area contributed by atoms with E-state index in [2.05, 4.69) is 11.6 Å². The highest BCUT2D eigenvalue weighted by atomic mass is 32.2. The minimum Gasteiger partial charge on any atom is -0.465 e. The van der Waals surface area contributed by atoms with Gasteiger partial charge in [-0.1, -0.05) is 6.92 Å². The van der Waals surface area contributed by atoms with Gasteiger partial charge in [-0.05, 0) is 32.6 Å². The van der Waals surface area contributed by atoms with Crippen LogP contribution in [0, 0.1) is 19.8 Å². The van der Waals surface area contributed by atoms with Gasteiger partial charge in [-0.2, -0.15) is 0 Å². The van der Waals surface area contributed by atoms with Crippen molar-refractivity contribution in [3.05, 3.63) is 17.1 Å². The van der Waals surface area contributed by atoms with Gasteiger partial charge in [0, 0.05) is 11.6 Å². The first-order valence-electron chi connectivity index (χ1n) is 6.07. The smallest absolute Gasteiger partial charge is 0.244 e. The number of aliphatic hydroxyl groups is 1. The van der Waals surface area contributed by atoms with Crippen molar-refractivity contribution in [2.75, 3.05) is 0 Å². The van der Waals surface area contributed by atoms with E-state index >= 15 is 0 Å². The van der Waals surface area contributed by atoms with Crippen LogP contribution in [0.15, 0.2) is 9.31 Å². The van der Waals surface area contributed by atoms with Gasteiger partial charge < -0.3 is 9.52 Å². The predicted molar refractivity (Wildman–Crippen MR) is 66.6 cm³/mol. The molecule has 102 valence electrons. The van der Waals surface area contributed by atoms with E-state index < -0.39 is 10.0 Å². The topological polar surface area (TPSA) is 79.5 Å². The van der Waals surface area contributed by atoms with Crippen LogP contribution in [0.5, 0.6) is 0 Å². The van der Waals surface area contributed by atoms with E-state index in [9.17, 15) is 13.5 Å². The summed E-state index contributed by atoms with van der Waals surface area (Å²) in [5, 5.41) is 9.27. The first kappa shape index (κ1) is 13.6. The summed E-state index contributed by atoms with van der Waals surface area (Å²) < 4.78 is 32.5. The molecule has 1 aromatic heterocycles. The molecule has 0 unspecified atom stereocenters. The molecule has 5 nitrogen and oxygen atoms in total. The second-order valence-electron chi connectivity index (χ2n) is 5.08. The second kappa shape index (κ2) is 4.68. The van der Waals surface area contributed by atoms with Gasteiger partial charge in [0.15, 0.2) is 0 Å². The Morgan fingerprint density at radius 1 is 1.33 bits per heavy atom. The fourth-order valence-corrected chi connectivity index (χ4v) is 4.22. The molecule has 0 aromatic carbocycles. The molecule has 0 amide bonds. The van der Waals surface area contributed by atoms with Crippen molar-refractivity contribution in [2.45, 2.75) is 51.2 Å². The van der Waals surface area contributed by atoms with Gasteiger partial charge in [-0.15, -0.1) is 0 Å². The zero-order chi connectivity index (χ0) is 13.5. The Bertz CT molecular complexity index is 541. The maximum absolute atomic E-state index is 12.3. The van der Waals surface area contributed by atoms with E-state index in [0.29, 0.717) is 23.0 Å². The third-order valence-electron chi connectivity index (χ3n) is 3.45. The number of aliphatic hydroxyl groups excluding tert-OH is 1. The molecule has 1 aromatic rings. The number of sulfonamides is 1. The maximum atomic E-state index is 12.3. The third-order valence-corrected chi connectivity index (χ3v) is 5.16. The van der Waals surface area contributed by atoms with Crippen LogP contribution in [0.25, 0.3) is 0 Å². The van der Waals surface area contributed by atoms with Crippen LogP contribution in [0.2, 0.25) is 0 Å². The lowest BCUT2D eigenvalue weighted by Gasteiger charge is -2.32. The highest BCUT2D eigenvalue weighted by molar-refractivity contribution is 7.89. The number of nitrogens with one attached hydrogen (secondary N) is 1. The van der Waals surface area contributed by atoms with Crippen molar-refractivity contribution in [1.82, 2.24) is 4.72 Å². The fraction of sp³-hybridized carbons (Fsp3) is 0.667. The van der Waals surface area contributed by atoms with E-state index in [1.54, 1.807) is 13.8 Å². The molecule has 0 atom stereocenters. The molecule has 1 aliphatic rings. The molecule has 6 heteroatoms. The van der Waals surface area contributed by atoms with Crippen molar-refractivity contribution in [3.8, 4) is 0 Å².